The number of hydrogen-bond acceptors (Lipinski definition) is 4. The summed E-state index contributed by atoms with van der Waals surface area (Å²) in [5.41, 5.74) is 1.67. The second kappa shape index (κ2) is 6.78. The maximum atomic E-state index is 12.1. The fourth-order valence-electron chi connectivity index (χ4n) is 2.01. The number of nitrogens with zero attached hydrogens (tertiary/aromatic N) is 2. The highest BCUT2D eigenvalue weighted by atomic mass is 16.4. The van der Waals surface area contributed by atoms with Crippen LogP contribution in [0.2, 0.25) is 0 Å². The third kappa shape index (κ3) is 3.75. The van der Waals surface area contributed by atoms with E-state index in [1.54, 1.807) is 30.6 Å². The Morgan fingerprint density at radius 2 is 1.95 bits per heavy atom. The molecule has 0 aliphatic rings. The van der Waals surface area contributed by atoms with Gasteiger partial charge in [-0.2, -0.15) is 0 Å². The molecule has 0 spiro atoms. The maximum absolute atomic E-state index is 12.1. The number of carboxylic acids is 1. The number of amides is 1. The van der Waals surface area contributed by atoms with Crippen molar-refractivity contribution in [1.29, 1.82) is 0 Å². The first-order valence-corrected chi connectivity index (χ1v) is 6.86. The predicted molar refractivity (Wildman–Crippen MR) is 78.0 cm³/mol. The Morgan fingerprint density at radius 3 is 2.62 bits per heavy atom. The molecule has 6 nitrogen and oxygen atoms in total. The molecule has 1 aromatic carbocycles. The summed E-state index contributed by atoms with van der Waals surface area (Å²) in [5, 5.41) is 11.7. The Kier molecular flexibility index (Phi) is 4.81. The molecular weight excluding hydrogens is 270 g/mol. The van der Waals surface area contributed by atoms with Crippen LogP contribution in [0.15, 0.2) is 30.6 Å². The van der Waals surface area contributed by atoms with Crippen molar-refractivity contribution in [2.45, 2.75) is 32.2 Å². The fourth-order valence-corrected chi connectivity index (χ4v) is 2.01. The molecule has 1 aromatic heterocycles. The first-order chi connectivity index (χ1) is 10.1. The van der Waals surface area contributed by atoms with Crippen molar-refractivity contribution >= 4 is 22.9 Å². The van der Waals surface area contributed by atoms with E-state index in [1.165, 1.54) is 0 Å². The topological polar surface area (TPSA) is 92.2 Å². The highest BCUT2D eigenvalue weighted by Crippen LogP contribution is 2.11. The Hall–Kier alpha value is -2.50. The number of carbonyl (C=O) groups excluding carboxylic acids is 1. The third-order valence-electron chi connectivity index (χ3n) is 3.18. The molecule has 0 saturated carbocycles. The quantitative estimate of drug-likeness (QED) is 0.847. The van der Waals surface area contributed by atoms with Gasteiger partial charge in [-0.15, -0.1) is 0 Å². The van der Waals surface area contributed by atoms with Crippen LogP contribution in [0.1, 0.15) is 36.5 Å². The maximum Gasteiger partial charge on any atom is 0.326 e. The average Bonchev–Trinajstić information content (AvgIpc) is 2.50. The van der Waals surface area contributed by atoms with E-state index in [4.69, 9.17) is 5.11 Å². The summed E-state index contributed by atoms with van der Waals surface area (Å²) < 4.78 is 0. The van der Waals surface area contributed by atoms with Gasteiger partial charge in [0, 0.05) is 18.0 Å². The van der Waals surface area contributed by atoms with E-state index >= 15 is 0 Å². The first kappa shape index (κ1) is 14.9. The Labute approximate surface area is 122 Å². The second-order valence-electron chi connectivity index (χ2n) is 4.77. The number of hydrogen-bond donors (Lipinski definition) is 2. The van der Waals surface area contributed by atoms with Crippen molar-refractivity contribution in [2.75, 3.05) is 0 Å². The number of nitrogens with one attached hydrogen (secondary N) is 1. The number of carboxylic acid groups (broad SMARTS) is 1. The lowest BCUT2D eigenvalue weighted by atomic mass is 10.1. The van der Waals surface area contributed by atoms with Gasteiger partial charge in [0.05, 0.1) is 11.0 Å². The number of rotatable bonds is 6. The summed E-state index contributed by atoms with van der Waals surface area (Å²) in [4.78, 5) is 31.5. The predicted octanol–water partition coefficient (Wildman–Crippen LogP) is 2.00. The van der Waals surface area contributed by atoms with Gasteiger partial charge in [-0.05, 0) is 24.6 Å². The lowest BCUT2D eigenvalue weighted by molar-refractivity contribution is -0.139. The summed E-state index contributed by atoms with van der Waals surface area (Å²) in [6.07, 6.45) is 5.18. The van der Waals surface area contributed by atoms with Crippen LogP contribution in [0.3, 0.4) is 0 Å². The number of fused-ring (bicyclic) bond motifs is 1. The molecule has 21 heavy (non-hydrogen) atoms. The van der Waals surface area contributed by atoms with Crippen LogP contribution in [0.5, 0.6) is 0 Å². The molecular formula is C15H17N3O3. The second-order valence-corrected chi connectivity index (χ2v) is 4.77. The molecule has 0 aliphatic heterocycles. The van der Waals surface area contributed by atoms with Crippen LogP contribution in [0, 0.1) is 0 Å². The minimum Gasteiger partial charge on any atom is -0.480 e. The van der Waals surface area contributed by atoms with Gasteiger partial charge in [-0.25, -0.2) is 4.79 Å². The lowest BCUT2D eigenvalue weighted by Gasteiger charge is -2.14. The normalized spacial score (nSPS) is 12.0. The summed E-state index contributed by atoms with van der Waals surface area (Å²) in [7, 11) is 0. The van der Waals surface area contributed by atoms with Crippen LogP contribution in [-0.2, 0) is 4.79 Å². The fraction of sp³-hybridized carbons (Fsp3) is 0.333. The highest BCUT2D eigenvalue weighted by molar-refractivity contribution is 5.99. The van der Waals surface area contributed by atoms with Gasteiger partial charge in [0.15, 0.2) is 0 Å². The van der Waals surface area contributed by atoms with Crippen LogP contribution in [0.25, 0.3) is 11.0 Å². The van der Waals surface area contributed by atoms with Crippen LogP contribution in [-0.4, -0.2) is 33.0 Å². The minimum atomic E-state index is -1.02. The van der Waals surface area contributed by atoms with Gasteiger partial charge in [0.2, 0.25) is 0 Å². The first-order valence-electron chi connectivity index (χ1n) is 6.86. The molecule has 1 amide bonds. The zero-order chi connectivity index (χ0) is 15.2. The van der Waals surface area contributed by atoms with E-state index in [-0.39, 0.29) is 0 Å². The van der Waals surface area contributed by atoms with Gasteiger partial charge in [-0.3, -0.25) is 14.8 Å². The monoisotopic (exact) mass is 287 g/mol. The van der Waals surface area contributed by atoms with Gasteiger partial charge in [0.25, 0.3) is 5.91 Å². The van der Waals surface area contributed by atoms with E-state index in [0.29, 0.717) is 23.0 Å². The number of benzene rings is 1. The highest BCUT2D eigenvalue weighted by Gasteiger charge is 2.20. The van der Waals surface area contributed by atoms with Gasteiger partial charge in [-0.1, -0.05) is 19.8 Å². The van der Waals surface area contributed by atoms with Gasteiger partial charge >= 0.3 is 5.97 Å². The lowest BCUT2D eigenvalue weighted by Crippen LogP contribution is -2.40. The van der Waals surface area contributed by atoms with Crippen molar-refractivity contribution in [3.05, 3.63) is 36.2 Å². The summed E-state index contributed by atoms with van der Waals surface area (Å²) >= 11 is 0. The number of aromatic nitrogens is 2. The minimum absolute atomic E-state index is 0.380. The Morgan fingerprint density at radius 1 is 1.24 bits per heavy atom. The van der Waals surface area contributed by atoms with Crippen molar-refractivity contribution in [1.82, 2.24) is 15.3 Å². The van der Waals surface area contributed by atoms with E-state index < -0.39 is 17.9 Å². The molecule has 6 heteroatoms. The van der Waals surface area contributed by atoms with E-state index in [9.17, 15) is 9.59 Å². The van der Waals surface area contributed by atoms with Crippen molar-refractivity contribution < 1.29 is 14.7 Å². The van der Waals surface area contributed by atoms with E-state index in [0.717, 1.165) is 12.8 Å². The number of aliphatic carboxylic acids is 1. The molecule has 0 aliphatic carbocycles. The third-order valence-corrected chi connectivity index (χ3v) is 3.18. The van der Waals surface area contributed by atoms with Gasteiger partial charge in [0.1, 0.15) is 6.04 Å². The van der Waals surface area contributed by atoms with Crippen LogP contribution >= 0.6 is 0 Å². The largest absolute Gasteiger partial charge is 0.480 e. The number of unbranched alkanes of at least 4 members (excludes halogenated alkanes) is 1. The molecule has 0 saturated heterocycles. The summed E-state index contributed by atoms with van der Waals surface area (Å²) in [6, 6.07) is 4.05. The molecule has 2 N–H and O–H groups in total. The molecule has 2 aromatic rings. The zero-order valence-electron chi connectivity index (χ0n) is 11.7. The SMILES string of the molecule is CCCCC(NC(=O)c1ccc2nccnc2c1)C(=O)O. The molecule has 1 unspecified atom stereocenters. The van der Waals surface area contributed by atoms with Crippen LogP contribution < -0.4 is 5.32 Å². The Bertz CT molecular complexity index is 657. The van der Waals surface area contributed by atoms with E-state index in [2.05, 4.69) is 15.3 Å². The molecule has 1 atom stereocenters. The summed E-state index contributed by atoms with van der Waals surface area (Å²) in [5.74, 6) is -1.43. The van der Waals surface area contributed by atoms with Crippen molar-refractivity contribution in [3.8, 4) is 0 Å². The molecule has 2 rings (SSSR count). The zero-order valence-corrected chi connectivity index (χ0v) is 11.7. The molecule has 1 heterocycles. The van der Waals surface area contributed by atoms with E-state index in [1.807, 2.05) is 6.92 Å². The summed E-state index contributed by atoms with van der Waals surface area (Å²) in [6.45, 7) is 1.97. The molecule has 0 bridgehead atoms. The molecule has 110 valence electrons. The smallest absolute Gasteiger partial charge is 0.326 e. The van der Waals surface area contributed by atoms with Crippen molar-refractivity contribution in [2.24, 2.45) is 0 Å². The Balaban J connectivity index is 2.15. The van der Waals surface area contributed by atoms with Gasteiger partial charge < -0.3 is 10.4 Å². The van der Waals surface area contributed by atoms with Crippen LogP contribution in [0.4, 0.5) is 0 Å². The molecule has 0 radical (unpaired) electrons. The van der Waals surface area contributed by atoms with Crippen molar-refractivity contribution in [3.63, 3.8) is 0 Å². The molecule has 0 fully saturated rings. The average molecular weight is 287 g/mol. The standard InChI is InChI=1S/C15H17N3O3/c1-2-3-4-12(15(20)21)18-14(19)10-5-6-11-13(9-10)17-8-7-16-11/h5-9,12H,2-4H2,1H3,(H,18,19)(H,20,21). The number of carbonyl (C=O) groups is 2.